The summed E-state index contributed by atoms with van der Waals surface area (Å²) in [5.74, 6) is 1.90. The lowest BCUT2D eigenvalue weighted by atomic mass is 9.97. The molecule has 0 unspecified atom stereocenters. The molecule has 0 saturated carbocycles. The van der Waals surface area contributed by atoms with Crippen molar-refractivity contribution in [2.24, 2.45) is 0 Å². The van der Waals surface area contributed by atoms with Crippen LogP contribution in [0.5, 0.6) is 0 Å². The van der Waals surface area contributed by atoms with Gasteiger partial charge in [0, 0.05) is 39.7 Å². The first kappa shape index (κ1) is 30.0. The smallest absolute Gasteiger partial charge is 0.145 e. The fourth-order valence-corrected chi connectivity index (χ4v) is 7.66. The molecule has 5 heteroatoms. The van der Waals surface area contributed by atoms with Crippen LogP contribution in [0.15, 0.2) is 170 Å². The van der Waals surface area contributed by atoms with Crippen molar-refractivity contribution < 1.29 is 0 Å². The number of nitrogens with zero attached hydrogens (tertiary/aromatic N) is 5. The molecule has 0 aliphatic heterocycles. The van der Waals surface area contributed by atoms with E-state index in [9.17, 15) is 0 Å². The molecule has 7 aromatic carbocycles. The number of hydrogen-bond donors (Lipinski definition) is 0. The summed E-state index contributed by atoms with van der Waals surface area (Å²) in [5, 5.41) is 3.31. The second-order valence-electron chi connectivity index (χ2n) is 13.1. The Morgan fingerprint density at radius 1 is 0.423 bits per heavy atom. The van der Waals surface area contributed by atoms with E-state index in [0.29, 0.717) is 0 Å². The van der Waals surface area contributed by atoms with Gasteiger partial charge in [-0.3, -0.25) is 4.57 Å². The predicted octanol–water partition coefficient (Wildman–Crippen LogP) is 11.8. The molecule has 0 bridgehead atoms. The maximum atomic E-state index is 5.42. The normalized spacial score (nSPS) is 11.6. The summed E-state index contributed by atoms with van der Waals surface area (Å²) in [4.78, 5) is 15.7. The molecule has 0 radical (unpaired) electrons. The van der Waals surface area contributed by atoms with Crippen LogP contribution in [0.3, 0.4) is 0 Å². The van der Waals surface area contributed by atoms with Crippen molar-refractivity contribution in [3.63, 3.8) is 0 Å². The van der Waals surface area contributed by atoms with Crippen LogP contribution in [-0.4, -0.2) is 24.1 Å². The van der Waals surface area contributed by atoms with E-state index in [1.54, 1.807) is 0 Å². The summed E-state index contributed by atoms with van der Waals surface area (Å²) < 4.78 is 4.55. The Labute approximate surface area is 301 Å². The minimum atomic E-state index is 0.864. The standard InChI is InChI=1S/C47H33N5/c1-2-51-41-20-12-11-19-40(41)49-46(51)35-27-23-32(24-28-35)31-21-25-33(26-22-31)44-43-38(37-17-9-10-18-39(37)48-44)29-30-42-45(43)50-47(34-13-5-3-6-14-34)52(42)36-15-7-4-8-16-36/h3-30H,2H2,1H3. The third-order valence-electron chi connectivity index (χ3n) is 10.1. The van der Waals surface area contributed by atoms with Crippen LogP contribution in [0.1, 0.15) is 6.92 Å². The molecule has 3 aromatic heterocycles. The van der Waals surface area contributed by atoms with Gasteiger partial charge in [0.2, 0.25) is 0 Å². The maximum absolute atomic E-state index is 5.42. The molecule has 3 heterocycles. The van der Waals surface area contributed by atoms with Crippen molar-refractivity contribution >= 4 is 43.7 Å². The molecule has 52 heavy (non-hydrogen) atoms. The van der Waals surface area contributed by atoms with Gasteiger partial charge in [-0.1, -0.05) is 133 Å². The Morgan fingerprint density at radius 2 is 1.02 bits per heavy atom. The van der Waals surface area contributed by atoms with Gasteiger partial charge in [-0.2, -0.15) is 0 Å². The molecule has 10 aromatic rings. The van der Waals surface area contributed by atoms with Gasteiger partial charge in [0.1, 0.15) is 11.6 Å². The monoisotopic (exact) mass is 667 g/mol. The molecule has 0 aliphatic rings. The number of rotatable bonds is 6. The second-order valence-corrected chi connectivity index (χ2v) is 13.1. The van der Waals surface area contributed by atoms with Gasteiger partial charge < -0.3 is 4.57 Å². The Balaban J connectivity index is 1.12. The topological polar surface area (TPSA) is 48.5 Å². The molecule has 5 nitrogen and oxygen atoms in total. The van der Waals surface area contributed by atoms with Crippen LogP contribution < -0.4 is 0 Å². The minimum absolute atomic E-state index is 0.864. The highest BCUT2D eigenvalue weighted by Gasteiger charge is 2.21. The molecular formula is C47H33N5. The first-order chi connectivity index (χ1) is 25.7. The van der Waals surface area contributed by atoms with Gasteiger partial charge in [-0.05, 0) is 59.8 Å². The highest BCUT2D eigenvalue weighted by Crippen LogP contribution is 2.40. The van der Waals surface area contributed by atoms with Crippen LogP contribution in [0.2, 0.25) is 0 Å². The van der Waals surface area contributed by atoms with E-state index in [2.05, 4.69) is 174 Å². The summed E-state index contributed by atoms with van der Waals surface area (Å²) >= 11 is 0. The summed E-state index contributed by atoms with van der Waals surface area (Å²) in [6, 6.07) is 59.7. The van der Waals surface area contributed by atoms with E-state index < -0.39 is 0 Å². The third-order valence-corrected chi connectivity index (χ3v) is 10.1. The lowest BCUT2D eigenvalue weighted by molar-refractivity contribution is 0.796. The number of imidazole rings is 2. The van der Waals surface area contributed by atoms with E-state index >= 15 is 0 Å². The molecule has 246 valence electrons. The number of aryl methyl sites for hydroxylation is 1. The average molecular weight is 668 g/mol. The lowest BCUT2D eigenvalue weighted by Crippen LogP contribution is -1.97. The number of pyridine rings is 1. The Bertz CT molecular complexity index is 2900. The zero-order chi connectivity index (χ0) is 34.6. The van der Waals surface area contributed by atoms with Crippen molar-refractivity contribution in [1.29, 1.82) is 0 Å². The van der Waals surface area contributed by atoms with Crippen molar-refractivity contribution in [1.82, 2.24) is 24.1 Å². The predicted molar refractivity (Wildman–Crippen MR) is 215 cm³/mol. The molecule has 0 spiro atoms. The van der Waals surface area contributed by atoms with Gasteiger partial charge in [0.15, 0.2) is 0 Å². The maximum Gasteiger partial charge on any atom is 0.145 e. The molecule has 0 amide bonds. The van der Waals surface area contributed by atoms with Crippen LogP contribution in [0.25, 0.3) is 94.6 Å². The lowest BCUT2D eigenvalue weighted by Gasteiger charge is -2.13. The average Bonchev–Trinajstić information content (AvgIpc) is 3.80. The van der Waals surface area contributed by atoms with Gasteiger partial charge in [-0.15, -0.1) is 0 Å². The number of aromatic nitrogens is 5. The fraction of sp³-hybridized carbons (Fsp3) is 0.0426. The van der Waals surface area contributed by atoms with Crippen LogP contribution in [0.4, 0.5) is 0 Å². The van der Waals surface area contributed by atoms with E-state index in [1.165, 1.54) is 0 Å². The zero-order valence-electron chi connectivity index (χ0n) is 28.6. The molecule has 10 rings (SSSR count). The zero-order valence-corrected chi connectivity index (χ0v) is 28.6. The van der Waals surface area contributed by atoms with Crippen LogP contribution in [0, 0.1) is 0 Å². The molecule has 0 aliphatic carbocycles. The first-order valence-electron chi connectivity index (χ1n) is 17.8. The Hall–Kier alpha value is -6.85. The molecular weight excluding hydrogens is 635 g/mol. The first-order valence-corrected chi connectivity index (χ1v) is 17.8. The summed E-state index contributed by atoms with van der Waals surface area (Å²) in [6.07, 6.45) is 0. The largest absolute Gasteiger partial charge is 0.324 e. The number of hydrogen-bond acceptors (Lipinski definition) is 3. The van der Waals surface area contributed by atoms with Crippen molar-refractivity contribution in [2.45, 2.75) is 13.5 Å². The van der Waals surface area contributed by atoms with Crippen molar-refractivity contribution in [3.8, 4) is 50.8 Å². The highest BCUT2D eigenvalue weighted by molar-refractivity contribution is 6.20. The van der Waals surface area contributed by atoms with E-state index in [1.807, 2.05) is 12.1 Å². The van der Waals surface area contributed by atoms with Gasteiger partial charge >= 0.3 is 0 Å². The molecule has 0 fully saturated rings. The van der Waals surface area contributed by atoms with Gasteiger partial charge in [-0.25, -0.2) is 15.0 Å². The van der Waals surface area contributed by atoms with Crippen molar-refractivity contribution in [3.05, 3.63) is 170 Å². The fourth-order valence-electron chi connectivity index (χ4n) is 7.66. The van der Waals surface area contributed by atoms with E-state index in [4.69, 9.17) is 15.0 Å². The molecule has 0 atom stereocenters. The number of fused-ring (bicyclic) bond motifs is 6. The summed E-state index contributed by atoms with van der Waals surface area (Å²) in [6.45, 7) is 3.03. The third kappa shape index (κ3) is 4.82. The van der Waals surface area contributed by atoms with Crippen LogP contribution in [-0.2, 0) is 6.54 Å². The van der Waals surface area contributed by atoms with E-state index in [0.717, 1.165) is 101 Å². The van der Waals surface area contributed by atoms with Crippen LogP contribution >= 0.6 is 0 Å². The molecule has 0 saturated heterocycles. The SMILES string of the molecule is CCn1c(-c2ccc(-c3ccc(-c4nc5ccccc5c5ccc6c(nc(-c7ccccc7)n6-c6ccccc6)c45)cc3)cc2)nc2ccccc21. The molecule has 0 N–H and O–H groups in total. The van der Waals surface area contributed by atoms with Gasteiger partial charge in [0.05, 0.1) is 33.3 Å². The Kier molecular flexibility index (Phi) is 7.03. The Morgan fingerprint density at radius 3 is 1.75 bits per heavy atom. The van der Waals surface area contributed by atoms with Crippen molar-refractivity contribution in [2.75, 3.05) is 0 Å². The number of para-hydroxylation sites is 4. The van der Waals surface area contributed by atoms with E-state index in [-0.39, 0.29) is 0 Å². The number of benzene rings is 7. The second kappa shape index (κ2) is 12.2. The minimum Gasteiger partial charge on any atom is -0.324 e. The summed E-state index contributed by atoms with van der Waals surface area (Å²) in [7, 11) is 0. The quantitative estimate of drug-likeness (QED) is 0.166. The highest BCUT2D eigenvalue weighted by atomic mass is 15.1. The van der Waals surface area contributed by atoms with Gasteiger partial charge in [0.25, 0.3) is 0 Å². The summed E-state index contributed by atoms with van der Waals surface area (Å²) in [5.41, 5.74) is 12.7.